The molecule has 0 saturated heterocycles. The third kappa shape index (κ3) is 5.69. The first-order chi connectivity index (χ1) is 15.2. The summed E-state index contributed by atoms with van der Waals surface area (Å²) < 4.78 is 21.9. The zero-order valence-corrected chi connectivity index (χ0v) is 18.0. The maximum Gasteiger partial charge on any atom is 0.224 e. The van der Waals surface area contributed by atoms with E-state index in [0.29, 0.717) is 30.4 Å². The summed E-state index contributed by atoms with van der Waals surface area (Å²) in [7, 11) is 4.64. The van der Waals surface area contributed by atoms with Gasteiger partial charge in [0.1, 0.15) is 12.4 Å². The lowest BCUT2D eigenvalue weighted by Crippen LogP contribution is -2.29. The summed E-state index contributed by atoms with van der Waals surface area (Å²) >= 11 is 0. The predicted octanol–water partition coefficient (Wildman–Crippen LogP) is 4.12. The van der Waals surface area contributed by atoms with Crippen LogP contribution in [-0.4, -0.2) is 40.4 Å². The molecular weight excluding hydrogens is 394 g/mol. The molecule has 3 aromatic rings. The lowest BCUT2D eigenvalue weighted by atomic mass is 10.1. The van der Waals surface area contributed by atoms with E-state index in [2.05, 4.69) is 5.32 Å². The molecule has 0 fully saturated rings. The molecule has 3 aromatic carbocycles. The van der Waals surface area contributed by atoms with Crippen LogP contribution in [0.5, 0.6) is 23.0 Å². The van der Waals surface area contributed by atoms with E-state index in [1.54, 1.807) is 33.5 Å². The molecule has 0 radical (unpaired) electrons. The van der Waals surface area contributed by atoms with Crippen LogP contribution in [0.3, 0.4) is 0 Å². The molecule has 3 rings (SSSR count). The fourth-order valence-electron chi connectivity index (χ4n) is 3.29. The topological polar surface area (TPSA) is 66.0 Å². The first-order valence-corrected chi connectivity index (χ1v) is 9.99. The number of carbonyl (C=O) groups is 1. The van der Waals surface area contributed by atoms with E-state index in [4.69, 9.17) is 18.9 Å². The first kappa shape index (κ1) is 22.0. The SMILES string of the molecule is COc1cc(CC(=O)NCCOc2ccccc2-c2ccccc2)cc(OC)c1OC. The molecule has 6 nitrogen and oxygen atoms in total. The number of amides is 1. The van der Waals surface area contributed by atoms with Crippen LogP contribution < -0.4 is 24.3 Å². The standard InChI is InChI=1S/C25H27NO5/c1-28-22-15-18(16-23(29-2)25(22)30-3)17-24(27)26-13-14-31-21-12-8-7-11-20(21)19-9-5-4-6-10-19/h4-12,15-16H,13-14,17H2,1-3H3,(H,26,27). The van der Waals surface area contributed by atoms with E-state index in [9.17, 15) is 4.79 Å². The second-order valence-corrected chi connectivity index (χ2v) is 6.77. The van der Waals surface area contributed by atoms with Crippen LogP contribution in [0.1, 0.15) is 5.56 Å². The maximum absolute atomic E-state index is 12.4. The van der Waals surface area contributed by atoms with Crippen LogP contribution in [0.4, 0.5) is 0 Å². The van der Waals surface area contributed by atoms with Crippen LogP contribution in [0.15, 0.2) is 66.7 Å². The Morgan fingerprint density at radius 3 is 2.10 bits per heavy atom. The van der Waals surface area contributed by atoms with Crippen LogP contribution >= 0.6 is 0 Å². The Balaban J connectivity index is 1.55. The Morgan fingerprint density at radius 1 is 0.806 bits per heavy atom. The zero-order chi connectivity index (χ0) is 22.1. The van der Waals surface area contributed by atoms with Gasteiger partial charge in [-0.25, -0.2) is 0 Å². The van der Waals surface area contributed by atoms with Crippen LogP contribution in [0.2, 0.25) is 0 Å². The largest absolute Gasteiger partial charge is 0.493 e. The summed E-state index contributed by atoms with van der Waals surface area (Å²) in [4.78, 5) is 12.4. The Labute approximate surface area is 182 Å². The molecule has 162 valence electrons. The molecule has 1 N–H and O–H groups in total. The number of hydrogen-bond acceptors (Lipinski definition) is 5. The minimum absolute atomic E-state index is 0.116. The van der Waals surface area contributed by atoms with Crippen molar-refractivity contribution in [2.75, 3.05) is 34.5 Å². The summed E-state index contributed by atoms with van der Waals surface area (Å²) in [5.41, 5.74) is 2.87. The van der Waals surface area contributed by atoms with E-state index in [0.717, 1.165) is 22.4 Å². The Hall–Kier alpha value is -3.67. The summed E-state index contributed by atoms with van der Waals surface area (Å²) in [6, 6.07) is 21.5. The molecule has 1 amide bonds. The van der Waals surface area contributed by atoms with E-state index in [-0.39, 0.29) is 12.3 Å². The second kappa shape index (κ2) is 10.9. The fraction of sp³-hybridized carbons (Fsp3) is 0.240. The maximum atomic E-state index is 12.4. The van der Waals surface area contributed by atoms with Gasteiger partial charge in [0.2, 0.25) is 11.7 Å². The van der Waals surface area contributed by atoms with Crippen molar-refractivity contribution in [2.45, 2.75) is 6.42 Å². The van der Waals surface area contributed by atoms with Gasteiger partial charge in [0.15, 0.2) is 11.5 Å². The molecule has 6 heteroatoms. The van der Waals surface area contributed by atoms with Crippen LogP contribution in [-0.2, 0) is 11.2 Å². The number of ether oxygens (including phenoxy) is 4. The van der Waals surface area contributed by atoms with Crippen molar-refractivity contribution in [1.82, 2.24) is 5.32 Å². The molecule has 0 spiro atoms. The molecular formula is C25H27NO5. The second-order valence-electron chi connectivity index (χ2n) is 6.77. The molecule has 0 aliphatic carbocycles. The van der Waals surface area contributed by atoms with Crippen LogP contribution in [0, 0.1) is 0 Å². The van der Waals surface area contributed by atoms with Gasteiger partial charge in [-0.3, -0.25) is 4.79 Å². The van der Waals surface area contributed by atoms with E-state index in [1.807, 2.05) is 54.6 Å². The summed E-state index contributed by atoms with van der Waals surface area (Å²) in [5, 5.41) is 2.89. The van der Waals surface area contributed by atoms with Crippen molar-refractivity contribution >= 4 is 5.91 Å². The van der Waals surface area contributed by atoms with E-state index in [1.165, 1.54) is 0 Å². The van der Waals surface area contributed by atoms with Crippen molar-refractivity contribution in [2.24, 2.45) is 0 Å². The van der Waals surface area contributed by atoms with Crippen molar-refractivity contribution in [3.05, 3.63) is 72.3 Å². The fourth-order valence-corrected chi connectivity index (χ4v) is 3.29. The highest BCUT2D eigenvalue weighted by molar-refractivity contribution is 5.79. The number of carbonyl (C=O) groups excluding carboxylic acids is 1. The van der Waals surface area contributed by atoms with Crippen molar-refractivity contribution in [3.8, 4) is 34.1 Å². The lowest BCUT2D eigenvalue weighted by molar-refractivity contribution is -0.120. The average molecular weight is 421 g/mol. The Bertz CT molecular complexity index is 979. The zero-order valence-electron chi connectivity index (χ0n) is 18.0. The van der Waals surface area contributed by atoms with Gasteiger partial charge in [-0.2, -0.15) is 0 Å². The monoisotopic (exact) mass is 421 g/mol. The molecule has 0 unspecified atom stereocenters. The third-order valence-corrected chi connectivity index (χ3v) is 4.74. The van der Waals surface area contributed by atoms with Gasteiger partial charge in [0.05, 0.1) is 34.3 Å². The minimum Gasteiger partial charge on any atom is -0.493 e. The van der Waals surface area contributed by atoms with Crippen molar-refractivity contribution < 1.29 is 23.7 Å². The first-order valence-electron chi connectivity index (χ1n) is 9.99. The smallest absolute Gasteiger partial charge is 0.224 e. The Morgan fingerprint density at radius 2 is 1.45 bits per heavy atom. The van der Waals surface area contributed by atoms with Crippen molar-refractivity contribution in [3.63, 3.8) is 0 Å². The van der Waals surface area contributed by atoms with Crippen molar-refractivity contribution in [1.29, 1.82) is 0 Å². The molecule has 0 atom stereocenters. The third-order valence-electron chi connectivity index (χ3n) is 4.74. The molecule has 0 aromatic heterocycles. The molecule has 31 heavy (non-hydrogen) atoms. The number of hydrogen-bond donors (Lipinski definition) is 1. The molecule has 0 heterocycles. The van der Waals surface area contributed by atoms with Gasteiger partial charge in [-0.15, -0.1) is 0 Å². The normalized spacial score (nSPS) is 10.3. The molecule has 0 bridgehead atoms. The quantitative estimate of drug-likeness (QED) is 0.499. The van der Waals surface area contributed by atoms with Gasteiger partial charge in [0.25, 0.3) is 0 Å². The number of nitrogens with one attached hydrogen (secondary N) is 1. The lowest BCUT2D eigenvalue weighted by Gasteiger charge is -2.14. The molecule has 0 aliphatic rings. The summed E-state index contributed by atoms with van der Waals surface area (Å²) in [5.74, 6) is 2.21. The predicted molar refractivity (Wildman–Crippen MR) is 120 cm³/mol. The highest BCUT2D eigenvalue weighted by atomic mass is 16.5. The van der Waals surface area contributed by atoms with E-state index >= 15 is 0 Å². The van der Waals surface area contributed by atoms with Gasteiger partial charge in [-0.05, 0) is 29.3 Å². The number of methoxy groups -OCH3 is 3. The molecule has 0 aliphatic heterocycles. The number of para-hydroxylation sites is 1. The summed E-state index contributed by atoms with van der Waals surface area (Å²) in [6.07, 6.45) is 0.192. The highest BCUT2D eigenvalue weighted by Crippen LogP contribution is 2.38. The van der Waals surface area contributed by atoms with Crippen LogP contribution in [0.25, 0.3) is 11.1 Å². The average Bonchev–Trinajstić information content (AvgIpc) is 2.82. The highest BCUT2D eigenvalue weighted by Gasteiger charge is 2.15. The van der Waals surface area contributed by atoms with Gasteiger partial charge < -0.3 is 24.3 Å². The minimum atomic E-state index is -0.116. The molecule has 0 saturated carbocycles. The number of benzene rings is 3. The van der Waals surface area contributed by atoms with Gasteiger partial charge in [0, 0.05) is 5.56 Å². The number of rotatable bonds is 10. The van der Waals surface area contributed by atoms with Gasteiger partial charge in [-0.1, -0.05) is 48.5 Å². The summed E-state index contributed by atoms with van der Waals surface area (Å²) in [6.45, 7) is 0.761. The Kier molecular flexibility index (Phi) is 7.76. The van der Waals surface area contributed by atoms with E-state index < -0.39 is 0 Å². The van der Waals surface area contributed by atoms with Gasteiger partial charge >= 0.3 is 0 Å².